The molecule has 0 unspecified atom stereocenters. The van der Waals surface area contributed by atoms with Gasteiger partial charge in [-0.2, -0.15) is 0 Å². The van der Waals surface area contributed by atoms with Gasteiger partial charge < -0.3 is 9.47 Å². The van der Waals surface area contributed by atoms with Gasteiger partial charge in [-0.05, 0) is 63.8 Å². The van der Waals surface area contributed by atoms with Crippen molar-refractivity contribution in [2.24, 2.45) is 5.92 Å². The van der Waals surface area contributed by atoms with Crippen molar-refractivity contribution < 1.29 is 14.3 Å². The zero-order chi connectivity index (χ0) is 14.5. The predicted octanol–water partition coefficient (Wildman–Crippen LogP) is 3.86. The van der Waals surface area contributed by atoms with Gasteiger partial charge in [-0.15, -0.1) is 0 Å². The Morgan fingerprint density at radius 2 is 1.90 bits per heavy atom. The molecule has 1 aromatic carbocycles. The van der Waals surface area contributed by atoms with Gasteiger partial charge in [0.2, 0.25) is 0 Å². The van der Waals surface area contributed by atoms with Crippen molar-refractivity contribution in [3.8, 4) is 5.75 Å². The van der Waals surface area contributed by atoms with Crippen LogP contribution in [0.15, 0.2) is 24.3 Å². The van der Waals surface area contributed by atoms with Crippen LogP contribution >= 0.6 is 0 Å². The first-order valence-corrected chi connectivity index (χ1v) is 7.50. The standard InChI is InChI=1S/C17H24O3/c1-4-19-16-9-13(10-16)11-17(18)14-5-7-15(8-6-14)20-12(2)3/h5-8,12-13,16H,4,9-11H2,1-3H3. The van der Waals surface area contributed by atoms with Crippen molar-refractivity contribution in [1.29, 1.82) is 0 Å². The maximum absolute atomic E-state index is 12.2. The zero-order valence-corrected chi connectivity index (χ0v) is 12.6. The monoisotopic (exact) mass is 276 g/mol. The normalized spacial score (nSPS) is 21.6. The van der Waals surface area contributed by atoms with Crippen molar-refractivity contribution in [3.63, 3.8) is 0 Å². The Bertz CT molecular complexity index is 430. The molecule has 0 amide bonds. The molecule has 0 heterocycles. The number of carbonyl (C=O) groups excluding carboxylic acids is 1. The maximum atomic E-state index is 12.2. The lowest BCUT2D eigenvalue weighted by Crippen LogP contribution is -2.32. The van der Waals surface area contributed by atoms with Crippen LogP contribution in [0, 0.1) is 5.92 Å². The summed E-state index contributed by atoms with van der Waals surface area (Å²) in [7, 11) is 0. The lowest BCUT2D eigenvalue weighted by molar-refractivity contribution is -0.0246. The van der Waals surface area contributed by atoms with E-state index in [0.717, 1.165) is 30.8 Å². The highest BCUT2D eigenvalue weighted by molar-refractivity contribution is 5.96. The molecule has 20 heavy (non-hydrogen) atoms. The highest BCUT2D eigenvalue weighted by Crippen LogP contribution is 2.33. The molecule has 2 rings (SSSR count). The van der Waals surface area contributed by atoms with Crippen LogP contribution in [0.3, 0.4) is 0 Å². The molecule has 0 aliphatic heterocycles. The van der Waals surface area contributed by atoms with Crippen molar-refractivity contribution in [2.45, 2.75) is 52.2 Å². The van der Waals surface area contributed by atoms with Gasteiger partial charge in [0.1, 0.15) is 5.75 Å². The lowest BCUT2D eigenvalue weighted by Gasteiger charge is -2.34. The molecule has 1 aliphatic carbocycles. The summed E-state index contributed by atoms with van der Waals surface area (Å²) in [4.78, 5) is 12.2. The van der Waals surface area contributed by atoms with Crippen molar-refractivity contribution >= 4 is 5.78 Å². The summed E-state index contributed by atoms with van der Waals surface area (Å²) < 4.78 is 11.1. The molecule has 1 fully saturated rings. The fourth-order valence-electron chi connectivity index (χ4n) is 2.58. The largest absolute Gasteiger partial charge is 0.491 e. The molecule has 0 N–H and O–H groups in total. The summed E-state index contributed by atoms with van der Waals surface area (Å²) in [6.45, 7) is 6.76. The number of rotatable bonds is 7. The molecule has 1 aromatic rings. The second kappa shape index (κ2) is 6.89. The van der Waals surface area contributed by atoms with Crippen LogP contribution in [-0.2, 0) is 4.74 Å². The third-order valence-electron chi connectivity index (χ3n) is 3.62. The summed E-state index contributed by atoms with van der Waals surface area (Å²) in [6.07, 6.45) is 3.21. The minimum absolute atomic E-state index is 0.155. The second-order valence-corrected chi connectivity index (χ2v) is 5.73. The van der Waals surface area contributed by atoms with Gasteiger partial charge in [0.05, 0.1) is 12.2 Å². The first-order valence-electron chi connectivity index (χ1n) is 7.50. The topological polar surface area (TPSA) is 35.5 Å². The molecule has 0 radical (unpaired) electrons. The Morgan fingerprint density at radius 3 is 2.45 bits per heavy atom. The quantitative estimate of drug-likeness (QED) is 0.709. The highest BCUT2D eigenvalue weighted by atomic mass is 16.5. The van der Waals surface area contributed by atoms with Gasteiger partial charge in [-0.1, -0.05) is 0 Å². The SMILES string of the molecule is CCOC1CC(CC(=O)c2ccc(OC(C)C)cc2)C1. The van der Waals surface area contributed by atoms with Crippen LogP contribution in [0.1, 0.15) is 50.4 Å². The van der Waals surface area contributed by atoms with Crippen LogP contribution in [0.2, 0.25) is 0 Å². The summed E-state index contributed by atoms with van der Waals surface area (Å²) in [5, 5.41) is 0. The number of hydrogen-bond acceptors (Lipinski definition) is 3. The third-order valence-corrected chi connectivity index (χ3v) is 3.62. The Labute approximate surface area is 121 Å². The van der Waals surface area contributed by atoms with E-state index in [1.54, 1.807) is 0 Å². The number of ether oxygens (including phenoxy) is 2. The van der Waals surface area contributed by atoms with Gasteiger partial charge in [-0.3, -0.25) is 4.79 Å². The Balaban J connectivity index is 1.81. The van der Waals surface area contributed by atoms with Gasteiger partial charge in [0.25, 0.3) is 0 Å². The van der Waals surface area contributed by atoms with E-state index < -0.39 is 0 Å². The summed E-state index contributed by atoms with van der Waals surface area (Å²) in [5.74, 6) is 1.53. The average Bonchev–Trinajstić information content (AvgIpc) is 2.36. The first-order chi connectivity index (χ1) is 9.58. The van der Waals surface area contributed by atoms with E-state index in [0.29, 0.717) is 18.4 Å². The van der Waals surface area contributed by atoms with Crippen LogP contribution in [0.5, 0.6) is 5.75 Å². The number of carbonyl (C=O) groups is 1. The molecule has 0 saturated heterocycles. The van der Waals surface area contributed by atoms with Crippen LogP contribution in [0.4, 0.5) is 0 Å². The molecule has 1 aliphatic rings. The van der Waals surface area contributed by atoms with E-state index >= 15 is 0 Å². The minimum Gasteiger partial charge on any atom is -0.491 e. The van der Waals surface area contributed by atoms with E-state index in [2.05, 4.69) is 0 Å². The zero-order valence-electron chi connectivity index (χ0n) is 12.6. The lowest BCUT2D eigenvalue weighted by atomic mass is 9.78. The molecule has 3 heteroatoms. The van der Waals surface area contributed by atoms with Crippen molar-refractivity contribution in [3.05, 3.63) is 29.8 Å². The molecular formula is C17H24O3. The van der Waals surface area contributed by atoms with E-state index in [4.69, 9.17) is 9.47 Å². The maximum Gasteiger partial charge on any atom is 0.163 e. The average molecular weight is 276 g/mol. The molecule has 0 aromatic heterocycles. The van der Waals surface area contributed by atoms with Crippen LogP contribution < -0.4 is 4.74 Å². The fraction of sp³-hybridized carbons (Fsp3) is 0.588. The highest BCUT2D eigenvalue weighted by Gasteiger charge is 2.31. The molecule has 110 valence electrons. The molecule has 0 bridgehead atoms. The van der Waals surface area contributed by atoms with Gasteiger partial charge in [0.15, 0.2) is 5.78 Å². The number of Topliss-reactive ketones (excluding diaryl/α,β-unsaturated/α-hetero) is 1. The van der Waals surface area contributed by atoms with Crippen molar-refractivity contribution in [2.75, 3.05) is 6.61 Å². The third kappa shape index (κ3) is 4.07. The molecular weight excluding hydrogens is 252 g/mol. The smallest absolute Gasteiger partial charge is 0.163 e. The Morgan fingerprint density at radius 1 is 1.25 bits per heavy atom. The number of ketones is 1. The van der Waals surface area contributed by atoms with Crippen LogP contribution in [0.25, 0.3) is 0 Å². The first kappa shape index (κ1) is 15.0. The van der Waals surface area contributed by atoms with Crippen molar-refractivity contribution in [1.82, 2.24) is 0 Å². The Hall–Kier alpha value is -1.35. The van der Waals surface area contributed by atoms with Gasteiger partial charge >= 0.3 is 0 Å². The van der Waals surface area contributed by atoms with E-state index in [9.17, 15) is 4.79 Å². The molecule has 1 saturated carbocycles. The van der Waals surface area contributed by atoms with Gasteiger partial charge in [0, 0.05) is 18.6 Å². The number of benzene rings is 1. The molecule has 3 nitrogen and oxygen atoms in total. The minimum atomic E-state index is 0.155. The van der Waals surface area contributed by atoms with E-state index in [-0.39, 0.29) is 11.9 Å². The van der Waals surface area contributed by atoms with E-state index in [1.807, 2.05) is 45.0 Å². The number of hydrogen-bond donors (Lipinski definition) is 0. The summed E-state index contributed by atoms with van der Waals surface area (Å²) in [5.41, 5.74) is 0.779. The summed E-state index contributed by atoms with van der Waals surface area (Å²) >= 11 is 0. The molecule has 0 spiro atoms. The predicted molar refractivity (Wildman–Crippen MR) is 79.3 cm³/mol. The van der Waals surface area contributed by atoms with Crippen LogP contribution in [-0.4, -0.2) is 24.6 Å². The summed E-state index contributed by atoms with van der Waals surface area (Å²) in [6, 6.07) is 7.46. The fourth-order valence-corrected chi connectivity index (χ4v) is 2.58. The second-order valence-electron chi connectivity index (χ2n) is 5.73. The van der Waals surface area contributed by atoms with Gasteiger partial charge in [-0.25, -0.2) is 0 Å². The van der Waals surface area contributed by atoms with E-state index in [1.165, 1.54) is 0 Å². The molecule has 0 atom stereocenters. The Kier molecular flexibility index (Phi) is 5.18.